The van der Waals surface area contributed by atoms with Gasteiger partial charge in [-0.2, -0.15) is 0 Å². The summed E-state index contributed by atoms with van der Waals surface area (Å²) in [4.78, 5) is 7.71. The number of aromatic nitrogens is 2. The zero-order valence-electron chi connectivity index (χ0n) is 11.5. The molecule has 0 spiro atoms. The fourth-order valence-corrected chi connectivity index (χ4v) is 2.42. The van der Waals surface area contributed by atoms with E-state index in [0.717, 1.165) is 28.2 Å². The van der Waals surface area contributed by atoms with Crippen LogP contribution in [0.25, 0.3) is 22.6 Å². The minimum absolute atomic E-state index is 0. The van der Waals surface area contributed by atoms with E-state index in [0.29, 0.717) is 16.6 Å². The van der Waals surface area contributed by atoms with E-state index < -0.39 is 0 Å². The number of nitrogens with one attached hydrogen (secondary N) is 1. The zero-order chi connectivity index (χ0) is 14.8. The van der Waals surface area contributed by atoms with Crippen molar-refractivity contribution in [3.8, 4) is 22.6 Å². The lowest BCUT2D eigenvalue weighted by Gasteiger charge is -2.02. The fourth-order valence-electron chi connectivity index (χ4n) is 2.12. The number of benzene rings is 2. The van der Waals surface area contributed by atoms with Crippen LogP contribution in [0.15, 0.2) is 48.7 Å². The van der Waals surface area contributed by atoms with Crippen molar-refractivity contribution in [1.29, 1.82) is 0 Å². The first kappa shape index (κ1) is 16.8. The first-order valence-electron chi connectivity index (χ1n) is 6.47. The molecular formula is C16H14Cl3N3. The number of imidazole rings is 1. The maximum absolute atomic E-state index is 6.05. The van der Waals surface area contributed by atoms with Crippen molar-refractivity contribution in [3.05, 3.63) is 64.3 Å². The Balaban J connectivity index is 0.00000176. The van der Waals surface area contributed by atoms with Gasteiger partial charge in [0.1, 0.15) is 5.82 Å². The lowest BCUT2D eigenvalue weighted by atomic mass is 10.1. The van der Waals surface area contributed by atoms with Gasteiger partial charge < -0.3 is 10.7 Å². The molecule has 0 bridgehead atoms. The Morgan fingerprint density at radius 3 is 2.55 bits per heavy atom. The topological polar surface area (TPSA) is 54.7 Å². The van der Waals surface area contributed by atoms with E-state index in [9.17, 15) is 0 Å². The first-order valence-corrected chi connectivity index (χ1v) is 7.23. The summed E-state index contributed by atoms with van der Waals surface area (Å²) in [5.74, 6) is 0.798. The van der Waals surface area contributed by atoms with E-state index in [1.807, 2.05) is 36.4 Å². The highest BCUT2D eigenvalue weighted by molar-refractivity contribution is 6.42. The number of nitrogens with zero attached hydrogens (tertiary/aromatic N) is 1. The number of hydrogen-bond donors (Lipinski definition) is 2. The van der Waals surface area contributed by atoms with Crippen molar-refractivity contribution in [1.82, 2.24) is 9.97 Å². The van der Waals surface area contributed by atoms with E-state index in [1.165, 1.54) is 0 Å². The third-order valence-electron chi connectivity index (χ3n) is 3.24. The third kappa shape index (κ3) is 3.45. The van der Waals surface area contributed by atoms with E-state index >= 15 is 0 Å². The smallest absolute Gasteiger partial charge is 0.137 e. The maximum atomic E-state index is 6.05. The molecule has 0 saturated carbocycles. The molecule has 0 amide bonds. The molecule has 3 N–H and O–H groups in total. The molecule has 2 aromatic carbocycles. The number of halogens is 3. The molecule has 0 atom stereocenters. The highest BCUT2D eigenvalue weighted by Gasteiger charge is 2.07. The van der Waals surface area contributed by atoms with Gasteiger partial charge >= 0.3 is 0 Å². The molecule has 3 aromatic rings. The van der Waals surface area contributed by atoms with E-state index in [4.69, 9.17) is 28.9 Å². The van der Waals surface area contributed by atoms with Crippen molar-refractivity contribution in [3.63, 3.8) is 0 Å². The van der Waals surface area contributed by atoms with Crippen LogP contribution in [-0.2, 0) is 6.54 Å². The van der Waals surface area contributed by atoms with Gasteiger partial charge in [-0.25, -0.2) is 4.98 Å². The van der Waals surface area contributed by atoms with Crippen molar-refractivity contribution in [2.75, 3.05) is 0 Å². The van der Waals surface area contributed by atoms with E-state index in [-0.39, 0.29) is 12.4 Å². The molecule has 0 radical (unpaired) electrons. The van der Waals surface area contributed by atoms with Crippen LogP contribution >= 0.6 is 35.6 Å². The molecule has 114 valence electrons. The van der Waals surface area contributed by atoms with Crippen LogP contribution in [0.1, 0.15) is 5.56 Å². The second kappa shape index (κ2) is 7.16. The summed E-state index contributed by atoms with van der Waals surface area (Å²) >= 11 is 12.0. The van der Waals surface area contributed by atoms with Crippen LogP contribution in [0.2, 0.25) is 10.0 Å². The predicted octanol–water partition coefficient (Wildman–Crippen LogP) is 4.93. The Bertz CT molecular complexity index is 784. The number of hydrogen-bond acceptors (Lipinski definition) is 2. The standard InChI is InChI=1S/C16H13Cl2N3.ClH/c17-13-5-4-11(7-14(13)18)15-9-20-16(21-15)12-3-1-2-10(6-12)8-19;/h1-7,9H,8,19H2,(H,20,21);1H. The lowest BCUT2D eigenvalue weighted by Crippen LogP contribution is -1.96. The van der Waals surface area contributed by atoms with Crippen LogP contribution in [0.4, 0.5) is 0 Å². The van der Waals surface area contributed by atoms with E-state index in [1.54, 1.807) is 12.3 Å². The minimum Gasteiger partial charge on any atom is -0.338 e. The first-order chi connectivity index (χ1) is 10.2. The zero-order valence-corrected chi connectivity index (χ0v) is 13.8. The molecule has 0 aliphatic heterocycles. The average Bonchev–Trinajstić information content (AvgIpc) is 3.00. The van der Waals surface area contributed by atoms with Crippen molar-refractivity contribution >= 4 is 35.6 Å². The van der Waals surface area contributed by atoms with Crippen LogP contribution in [0.5, 0.6) is 0 Å². The second-order valence-corrected chi connectivity index (χ2v) is 5.49. The molecule has 3 rings (SSSR count). The minimum atomic E-state index is 0. The summed E-state index contributed by atoms with van der Waals surface area (Å²) < 4.78 is 0. The van der Waals surface area contributed by atoms with Gasteiger partial charge in [-0.05, 0) is 23.8 Å². The Hall–Kier alpha value is -1.52. The van der Waals surface area contributed by atoms with Gasteiger partial charge in [0, 0.05) is 17.7 Å². The normalized spacial score (nSPS) is 10.3. The number of rotatable bonds is 3. The molecule has 1 aromatic heterocycles. The van der Waals surface area contributed by atoms with Gasteiger partial charge in [0.25, 0.3) is 0 Å². The highest BCUT2D eigenvalue weighted by Crippen LogP contribution is 2.29. The van der Waals surface area contributed by atoms with Gasteiger partial charge in [0.2, 0.25) is 0 Å². The molecule has 0 fully saturated rings. The summed E-state index contributed by atoms with van der Waals surface area (Å²) in [5.41, 5.74) is 9.57. The van der Waals surface area contributed by atoms with Gasteiger partial charge in [-0.3, -0.25) is 0 Å². The van der Waals surface area contributed by atoms with Crippen LogP contribution in [0, 0.1) is 0 Å². The van der Waals surface area contributed by atoms with Gasteiger partial charge in [-0.15, -0.1) is 12.4 Å². The molecule has 3 nitrogen and oxygen atoms in total. The third-order valence-corrected chi connectivity index (χ3v) is 3.98. The Labute approximate surface area is 144 Å². The summed E-state index contributed by atoms with van der Waals surface area (Å²) in [5, 5.41) is 1.06. The molecule has 1 heterocycles. The lowest BCUT2D eigenvalue weighted by molar-refractivity contribution is 1.07. The number of nitrogens with two attached hydrogens (primary N) is 1. The van der Waals surface area contributed by atoms with Gasteiger partial charge in [0.05, 0.1) is 21.9 Å². The second-order valence-electron chi connectivity index (χ2n) is 4.68. The summed E-state index contributed by atoms with van der Waals surface area (Å²) in [7, 11) is 0. The highest BCUT2D eigenvalue weighted by atomic mass is 35.5. The van der Waals surface area contributed by atoms with Crippen LogP contribution in [-0.4, -0.2) is 9.97 Å². The SMILES string of the molecule is Cl.NCc1cccc(-c2ncc(-c3ccc(Cl)c(Cl)c3)[nH]2)c1. The summed E-state index contributed by atoms with van der Waals surface area (Å²) in [6.45, 7) is 0.508. The van der Waals surface area contributed by atoms with Crippen molar-refractivity contribution in [2.24, 2.45) is 5.73 Å². The van der Waals surface area contributed by atoms with Crippen LogP contribution < -0.4 is 5.73 Å². The Morgan fingerprint density at radius 1 is 1.00 bits per heavy atom. The van der Waals surface area contributed by atoms with E-state index in [2.05, 4.69) is 9.97 Å². The fraction of sp³-hybridized carbons (Fsp3) is 0.0625. The summed E-state index contributed by atoms with van der Waals surface area (Å²) in [6, 6.07) is 13.5. The molecule has 0 aliphatic rings. The van der Waals surface area contributed by atoms with Gasteiger partial charge in [0.15, 0.2) is 0 Å². The molecule has 0 saturated heterocycles. The predicted molar refractivity (Wildman–Crippen MR) is 94.6 cm³/mol. The average molecular weight is 355 g/mol. The molecule has 22 heavy (non-hydrogen) atoms. The van der Waals surface area contributed by atoms with Crippen LogP contribution in [0.3, 0.4) is 0 Å². The summed E-state index contributed by atoms with van der Waals surface area (Å²) in [6.07, 6.45) is 1.78. The monoisotopic (exact) mass is 353 g/mol. The molecular weight excluding hydrogens is 341 g/mol. The number of aromatic amines is 1. The molecule has 6 heteroatoms. The Kier molecular flexibility index (Phi) is 5.48. The maximum Gasteiger partial charge on any atom is 0.137 e. The van der Waals surface area contributed by atoms with Gasteiger partial charge in [-0.1, -0.05) is 47.5 Å². The molecule has 0 unspecified atom stereocenters. The molecule has 0 aliphatic carbocycles. The van der Waals surface area contributed by atoms with Crippen molar-refractivity contribution in [2.45, 2.75) is 6.54 Å². The number of H-pyrrole nitrogens is 1. The quantitative estimate of drug-likeness (QED) is 0.700. The van der Waals surface area contributed by atoms with Crippen molar-refractivity contribution < 1.29 is 0 Å². The Morgan fingerprint density at radius 2 is 1.82 bits per heavy atom. The largest absolute Gasteiger partial charge is 0.338 e.